The molecule has 0 atom stereocenters. The zero-order chi connectivity index (χ0) is 18.6. The molecule has 0 radical (unpaired) electrons. The van der Waals surface area contributed by atoms with Crippen molar-refractivity contribution in [2.45, 2.75) is 32.1 Å². The average Bonchev–Trinajstić information content (AvgIpc) is 2.48. The minimum absolute atomic E-state index is 0.0700. The molecule has 134 valence electrons. The number of carbonyl (C=O) groups excluding carboxylic acids is 1. The third-order valence-electron chi connectivity index (χ3n) is 3.67. The van der Waals surface area contributed by atoms with Gasteiger partial charge in [0, 0.05) is 13.0 Å². The third kappa shape index (κ3) is 4.87. The summed E-state index contributed by atoms with van der Waals surface area (Å²) in [5.74, 6) is -1.01. The van der Waals surface area contributed by atoms with Crippen molar-refractivity contribution >= 4 is 21.6 Å². The summed E-state index contributed by atoms with van der Waals surface area (Å²) < 4.78 is 40.9. The molecule has 0 fully saturated rings. The van der Waals surface area contributed by atoms with Gasteiger partial charge in [-0.1, -0.05) is 29.8 Å². The van der Waals surface area contributed by atoms with Crippen molar-refractivity contribution in [3.8, 4) is 0 Å². The van der Waals surface area contributed by atoms with Crippen molar-refractivity contribution in [2.24, 2.45) is 0 Å². The molecule has 0 saturated heterocycles. The summed E-state index contributed by atoms with van der Waals surface area (Å²) in [4.78, 5) is 12.1. The number of rotatable bonds is 6. The van der Waals surface area contributed by atoms with Crippen LogP contribution in [0.5, 0.6) is 0 Å². The average molecular weight is 364 g/mol. The highest BCUT2D eigenvalue weighted by Crippen LogP contribution is 2.21. The number of amides is 1. The van der Waals surface area contributed by atoms with Crippen molar-refractivity contribution in [3.05, 3.63) is 58.9 Å². The molecular weight excluding hydrogens is 343 g/mol. The smallest absolute Gasteiger partial charge is 0.241 e. The standard InChI is InChI=1S/C18H21FN2O3S/c1-12-10-13(2)18(14(3)11-12)25(23,24)20-9-8-17(22)21-16-7-5-4-6-15(16)19/h4-7,10-11,20H,8-9H2,1-3H3,(H,21,22). The summed E-state index contributed by atoms with van der Waals surface area (Å²) >= 11 is 0. The minimum Gasteiger partial charge on any atom is -0.324 e. The first-order valence-electron chi connectivity index (χ1n) is 7.82. The van der Waals surface area contributed by atoms with Crippen LogP contribution < -0.4 is 10.0 Å². The number of carbonyl (C=O) groups is 1. The maximum atomic E-state index is 13.5. The zero-order valence-corrected chi connectivity index (χ0v) is 15.2. The van der Waals surface area contributed by atoms with Crippen molar-refractivity contribution in [1.29, 1.82) is 0 Å². The maximum Gasteiger partial charge on any atom is 0.241 e. The molecular formula is C18H21FN2O3S. The molecule has 0 saturated carbocycles. The van der Waals surface area contributed by atoms with Gasteiger partial charge in [-0.05, 0) is 44.0 Å². The van der Waals surface area contributed by atoms with Gasteiger partial charge >= 0.3 is 0 Å². The fraction of sp³-hybridized carbons (Fsp3) is 0.278. The van der Waals surface area contributed by atoms with Crippen LogP contribution in [-0.2, 0) is 14.8 Å². The number of hydrogen-bond acceptors (Lipinski definition) is 3. The number of anilines is 1. The highest BCUT2D eigenvalue weighted by molar-refractivity contribution is 7.89. The molecule has 25 heavy (non-hydrogen) atoms. The number of hydrogen-bond donors (Lipinski definition) is 2. The van der Waals surface area contributed by atoms with Crippen LogP contribution in [0.4, 0.5) is 10.1 Å². The van der Waals surface area contributed by atoms with E-state index in [0.29, 0.717) is 11.1 Å². The van der Waals surface area contributed by atoms with Gasteiger partial charge in [0.25, 0.3) is 0 Å². The van der Waals surface area contributed by atoms with Crippen LogP contribution in [-0.4, -0.2) is 20.9 Å². The lowest BCUT2D eigenvalue weighted by Gasteiger charge is -2.13. The first kappa shape index (κ1) is 19.1. The Labute approximate surface area is 147 Å². The normalized spacial score (nSPS) is 11.4. The molecule has 2 rings (SSSR count). The lowest BCUT2D eigenvalue weighted by molar-refractivity contribution is -0.116. The third-order valence-corrected chi connectivity index (χ3v) is 5.43. The van der Waals surface area contributed by atoms with Gasteiger partial charge in [-0.3, -0.25) is 4.79 Å². The van der Waals surface area contributed by atoms with Crippen molar-refractivity contribution in [1.82, 2.24) is 4.72 Å². The summed E-state index contributed by atoms with van der Waals surface area (Å²) in [6.45, 7) is 5.30. The second-order valence-electron chi connectivity index (χ2n) is 5.90. The SMILES string of the molecule is Cc1cc(C)c(S(=O)(=O)NCCC(=O)Nc2ccccc2F)c(C)c1. The number of aryl methyl sites for hydroxylation is 3. The molecule has 7 heteroatoms. The monoisotopic (exact) mass is 364 g/mol. The Morgan fingerprint density at radius 2 is 1.68 bits per heavy atom. The lowest BCUT2D eigenvalue weighted by atomic mass is 10.1. The van der Waals surface area contributed by atoms with Gasteiger partial charge in [0.15, 0.2) is 0 Å². The Bertz CT molecular complexity index is 872. The van der Waals surface area contributed by atoms with E-state index in [0.717, 1.165) is 5.56 Å². The van der Waals surface area contributed by atoms with Crippen molar-refractivity contribution in [2.75, 3.05) is 11.9 Å². The predicted octanol–water partition coefficient (Wildman–Crippen LogP) is 3.06. The second kappa shape index (κ2) is 7.76. The topological polar surface area (TPSA) is 75.3 Å². The first-order valence-corrected chi connectivity index (χ1v) is 9.31. The van der Waals surface area contributed by atoms with E-state index in [9.17, 15) is 17.6 Å². The van der Waals surface area contributed by atoms with E-state index in [1.807, 2.05) is 6.92 Å². The number of halogens is 1. The van der Waals surface area contributed by atoms with Crippen LogP contribution in [0, 0.1) is 26.6 Å². The highest BCUT2D eigenvalue weighted by Gasteiger charge is 2.19. The quantitative estimate of drug-likeness (QED) is 0.827. The molecule has 2 aromatic rings. The van der Waals surface area contributed by atoms with E-state index in [1.165, 1.54) is 18.2 Å². The lowest BCUT2D eigenvalue weighted by Crippen LogP contribution is -2.29. The Hall–Kier alpha value is -2.25. The molecule has 0 bridgehead atoms. The molecule has 5 nitrogen and oxygen atoms in total. The predicted molar refractivity (Wildman–Crippen MR) is 95.5 cm³/mol. The van der Waals surface area contributed by atoms with Gasteiger partial charge in [0.2, 0.25) is 15.9 Å². The van der Waals surface area contributed by atoms with Crippen LogP contribution >= 0.6 is 0 Å². The molecule has 0 heterocycles. The number of nitrogens with one attached hydrogen (secondary N) is 2. The Balaban J connectivity index is 1.99. The highest BCUT2D eigenvalue weighted by atomic mass is 32.2. The maximum absolute atomic E-state index is 13.5. The fourth-order valence-corrected chi connectivity index (χ4v) is 4.22. The van der Waals surface area contributed by atoms with E-state index in [4.69, 9.17) is 0 Å². The van der Waals surface area contributed by atoms with Crippen molar-refractivity contribution in [3.63, 3.8) is 0 Å². The molecule has 0 aliphatic heterocycles. The molecule has 2 aromatic carbocycles. The van der Waals surface area contributed by atoms with E-state index >= 15 is 0 Å². The molecule has 0 unspecified atom stereocenters. The van der Waals surface area contributed by atoms with Crippen LogP contribution in [0.25, 0.3) is 0 Å². The van der Waals surface area contributed by atoms with E-state index in [1.54, 1.807) is 32.0 Å². The first-order chi connectivity index (χ1) is 11.7. The minimum atomic E-state index is -3.72. The number of benzene rings is 2. The molecule has 0 aromatic heterocycles. The fourth-order valence-electron chi connectivity index (χ4n) is 2.74. The number of sulfonamides is 1. The molecule has 0 spiro atoms. The van der Waals surface area contributed by atoms with Gasteiger partial charge < -0.3 is 5.32 Å². The van der Waals surface area contributed by atoms with Crippen LogP contribution in [0.3, 0.4) is 0 Å². The molecule has 1 amide bonds. The summed E-state index contributed by atoms with van der Waals surface area (Å²) in [6, 6.07) is 9.40. The largest absolute Gasteiger partial charge is 0.324 e. The van der Waals surface area contributed by atoms with Gasteiger partial charge in [-0.25, -0.2) is 17.5 Å². The summed E-state index contributed by atoms with van der Waals surface area (Å²) in [6.07, 6.45) is -0.0997. The van der Waals surface area contributed by atoms with E-state index in [2.05, 4.69) is 10.0 Å². The van der Waals surface area contributed by atoms with Gasteiger partial charge in [0.1, 0.15) is 5.82 Å². The Kier molecular flexibility index (Phi) is 5.92. The summed E-state index contributed by atoms with van der Waals surface area (Å²) in [5, 5.41) is 2.42. The Morgan fingerprint density at radius 1 is 1.08 bits per heavy atom. The van der Waals surface area contributed by atoms with Crippen LogP contribution in [0.1, 0.15) is 23.1 Å². The molecule has 2 N–H and O–H groups in total. The van der Waals surface area contributed by atoms with Gasteiger partial charge in [-0.2, -0.15) is 0 Å². The number of para-hydroxylation sites is 1. The van der Waals surface area contributed by atoms with Crippen molar-refractivity contribution < 1.29 is 17.6 Å². The molecule has 0 aliphatic rings. The Morgan fingerprint density at radius 3 is 2.28 bits per heavy atom. The van der Waals surface area contributed by atoms with Crippen LogP contribution in [0.2, 0.25) is 0 Å². The summed E-state index contributed by atoms with van der Waals surface area (Å²) in [5.41, 5.74) is 2.36. The van der Waals surface area contributed by atoms with Gasteiger partial charge in [-0.15, -0.1) is 0 Å². The summed E-state index contributed by atoms with van der Waals surface area (Å²) in [7, 11) is -3.72. The van der Waals surface area contributed by atoms with Crippen LogP contribution in [0.15, 0.2) is 41.3 Å². The second-order valence-corrected chi connectivity index (χ2v) is 7.61. The van der Waals surface area contributed by atoms with E-state index in [-0.39, 0.29) is 23.5 Å². The molecule has 0 aliphatic carbocycles. The van der Waals surface area contributed by atoms with Gasteiger partial charge in [0.05, 0.1) is 10.6 Å². The van der Waals surface area contributed by atoms with E-state index < -0.39 is 21.7 Å². The zero-order valence-electron chi connectivity index (χ0n) is 14.4.